The Kier molecular flexibility index (Phi) is 7.19. The molecule has 0 spiro atoms. The van der Waals surface area contributed by atoms with E-state index in [9.17, 15) is 13.2 Å². The molecule has 0 saturated heterocycles. The van der Waals surface area contributed by atoms with E-state index in [2.05, 4.69) is 10.3 Å². The fourth-order valence-electron chi connectivity index (χ4n) is 2.81. The van der Waals surface area contributed by atoms with E-state index in [1.807, 2.05) is 25.8 Å². The molecular formula is C20H24F3N5O. The summed E-state index contributed by atoms with van der Waals surface area (Å²) in [6, 6.07) is 10.3. The average molecular weight is 407 g/mol. The van der Waals surface area contributed by atoms with Crippen LogP contribution in [0.5, 0.6) is 5.75 Å². The number of halogens is 3. The van der Waals surface area contributed by atoms with Gasteiger partial charge in [-0.2, -0.15) is 18.7 Å². The van der Waals surface area contributed by atoms with E-state index in [1.165, 1.54) is 6.07 Å². The molecule has 9 heteroatoms. The van der Waals surface area contributed by atoms with Gasteiger partial charge in [-0.15, -0.1) is 5.10 Å². The lowest BCUT2D eigenvalue weighted by Crippen LogP contribution is -2.23. The quantitative estimate of drug-likeness (QED) is 0.279. The van der Waals surface area contributed by atoms with Crippen LogP contribution >= 0.6 is 0 Å². The molecule has 2 aromatic rings. The van der Waals surface area contributed by atoms with Gasteiger partial charge in [-0.05, 0) is 29.7 Å². The lowest BCUT2D eigenvalue weighted by atomic mass is 10.1. The van der Waals surface area contributed by atoms with Crippen molar-refractivity contribution in [2.45, 2.75) is 26.6 Å². The number of amidine groups is 1. The fraction of sp³-hybridized carbons (Fsp3) is 0.350. The molecule has 0 radical (unpaired) electrons. The predicted molar refractivity (Wildman–Crippen MR) is 106 cm³/mol. The molecule has 0 aliphatic heterocycles. The zero-order valence-electron chi connectivity index (χ0n) is 16.5. The van der Waals surface area contributed by atoms with Crippen molar-refractivity contribution in [2.75, 3.05) is 18.5 Å². The Balaban J connectivity index is 2.25. The molecule has 0 heterocycles. The van der Waals surface area contributed by atoms with E-state index in [1.54, 1.807) is 24.3 Å². The van der Waals surface area contributed by atoms with Gasteiger partial charge in [0.05, 0.1) is 11.3 Å². The SMILES string of the molecule is CC(C)CN(C)c1ccc(C(F)(F)F)cc1OCc1ccc(C(N)=NN=N)cc1. The van der Waals surface area contributed by atoms with Crippen LogP contribution in [0.25, 0.3) is 0 Å². The summed E-state index contributed by atoms with van der Waals surface area (Å²) in [4.78, 5) is 1.88. The van der Waals surface area contributed by atoms with Gasteiger partial charge in [0.25, 0.3) is 0 Å². The number of nitrogens with one attached hydrogen (secondary N) is 1. The summed E-state index contributed by atoms with van der Waals surface area (Å²) in [5, 5.41) is 6.32. The Hall–Kier alpha value is -3.10. The van der Waals surface area contributed by atoms with Gasteiger partial charge in [0.2, 0.25) is 0 Å². The van der Waals surface area contributed by atoms with Gasteiger partial charge in [-0.25, -0.2) is 0 Å². The number of nitrogens with zero attached hydrogens (tertiary/aromatic N) is 3. The van der Waals surface area contributed by atoms with Crippen molar-refractivity contribution in [3.63, 3.8) is 0 Å². The minimum absolute atomic E-state index is 0.0873. The number of anilines is 1. The molecule has 0 aliphatic carbocycles. The zero-order valence-corrected chi connectivity index (χ0v) is 16.5. The van der Waals surface area contributed by atoms with Crippen molar-refractivity contribution in [2.24, 2.45) is 22.0 Å². The Morgan fingerprint density at radius 3 is 2.38 bits per heavy atom. The van der Waals surface area contributed by atoms with Gasteiger partial charge in [-0.1, -0.05) is 43.3 Å². The molecular weight excluding hydrogens is 383 g/mol. The summed E-state index contributed by atoms with van der Waals surface area (Å²) in [7, 11) is 1.82. The summed E-state index contributed by atoms with van der Waals surface area (Å²) in [6.45, 7) is 4.83. The standard InChI is InChI=1S/C20H24F3N5O/c1-13(2)11-28(3)17-9-8-16(20(21,22)23)10-18(17)29-12-14-4-6-15(7-5-14)19(24)26-27-25/h4-10,13H,11-12H2,1-3H3,(H3,24,25,26). The van der Waals surface area contributed by atoms with Crippen molar-refractivity contribution in [3.8, 4) is 5.75 Å². The van der Waals surface area contributed by atoms with Crippen LogP contribution in [0.4, 0.5) is 18.9 Å². The number of ether oxygens (including phenoxy) is 1. The molecule has 6 nitrogen and oxygen atoms in total. The highest BCUT2D eigenvalue weighted by Crippen LogP contribution is 2.37. The molecule has 0 fully saturated rings. The van der Waals surface area contributed by atoms with E-state index >= 15 is 0 Å². The van der Waals surface area contributed by atoms with Crippen LogP contribution in [-0.4, -0.2) is 19.4 Å². The van der Waals surface area contributed by atoms with Gasteiger partial charge in [0.15, 0.2) is 5.84 Å². The first-order valence-corrected chi connectivity index (χ1v) is 8.96. The highest BCUT2D eigenvalue weighted by molar-refractivity contribution is 5.97. The number of rotatable bonds is 8. The third-order valence-corrected chi connectivity index (χ3v) is 4.14. The van der Waals surface area contributed by atoms with Crippen molar-refractivity contribution in [3.05, 3.63) is 59.2 Å². The second-order valence-electron chi connectivity index (χ2n) is 7.03. The van der Waals surface area contributed by atoms with E-state index < -0.39 is 11.7 Å². The zero-order chi connectivity index (χ0) is 21.6. The lowest BCUT2D eigenvalue weighted by molar-refractivity contribution is -0.137. The third kappa shape index (κ3) is 6.20. The lowest BCUT2D eigenvalue weighted by Gasteiger charge is -2.25. The summed E-state index contributed by atoms with van der Waals surface area (Å²) in [5.74, 6) is 0.606. The molecule has 0 aromatic heterocycles. The van der Waals surface area contributed by atoms with Crippen molar-refractivity contribution >= 4 is 11.5 Å². The summed E-state index contributed by atoms with van der Waals surface area (Å²) >= 11 is 0. The summed E-state index contributed by atoms with van der Waals surface area (Å²) in [5.41, 5.74) is 13.5. The largest absolute Gasteiger partial charge is 0.487 e. The van der Waals surface area contributed by atoms with E-state index in [-0.39, 0.29) is 18.2 Å². The molecule has 0 atom stereocenters. The van der Waals surface area contributed by atoms with Gasteiger partial charge < -0.3 is 15.4 Å². The van der Waals surface area contributed by atoms with Crippen LogP contribution in [0.1, 0.15) is 30.5 Å². The van der Waals surface area contributed by atoms with E-state index in [4.69, 9.17) is 16.0 Å². The molecule has 2 aromatic carbocycles. The third-order valence-electron chi connectivity index (χ3n) is 4.14. The molecule has 0 amide bonds. The number of alkyl halides is 3. The van der Waals surface area contributed by atoms with Crippen molar-refractivity contribution in [1.29, 1.82) is 5.53 Å². The van der Waals surface area contributed by atoms with Gasteiger partial charge in [0.1, 0.15) is 12.4 Å². The topological polar surface area (TPSA) is 87.1 Å². The second kappa shape index (κ2) is 9.40. The first kappa shape index (κ1) is 22.2. The monoisotopic (exact) mass is 407 g/mol. The predicted octanol–water partition coefficient (Wildman–Crippen LogP) is 5.03. The summed E-state index contributed by atoms with van der Waals surface area (Å²) < 4.78 is 45.2. The molecule has 0 aliphatic rings. The Labute approximate surface area is 167 Å². The Morgan fingerprint density at radius 1 is 1.17 bits per heavy atom. The average Bonchev–Trinajstić information content (AvgIpc) is 2.65. The van der Waals surface area contributed by atoms with Crippen LogP contribution < -0.4 is 15.4 Å². The minimum atomic E-state index is -4.45. The van der Waals surface area contributed by atoms with Crippen LogP contribution in [0.15, 0.2) is 52.8 Å². The van der Waals surface area contributed by atoms with Crippen molar-refractivity contribution < 1.29 is 17.9 Å². The first-order valence-electron chi connectivity index (χ1n) is 8.96. The van der Waals surface area contributed by atoms with Crippen LogP contribution in [0.3, 0.4) is 0 Å². The highest BCUT2D eigenvalue weighted by Gasteiger charge is 2.31. The molecule has 0 saturated carbocycles. The molecule has 0 unspecified atom stereocenters. The molecule has 156 valence electrons. The maximum absolute atomic E-state index is 13.1. The second-order valence-corrected chi connectivity index (χ2v) is 7.03. The van der Waals surface area contributed by atoms with E-state index in [0.717, 1.165) is 17.7 Å². The maximum Gasteiger partial charge on any atom is 0.416 e. The van der Waals surface area contributed by atoms with Gasteiger partial charge >= 0.3 is 6.18 Å². The normalized spacial score (nSPS) is 12.2. The van der Waals surface area contributed by atoms with Gasteiger partial charge in [-0.3, -0.25) is 0 Å². The van der Waals surface area contributed by atoms with Crippen LogP contribution in [0.2, 0.25) is 0 Å². The molecule has 3 N–H and O–H groups in total. The first-order chi connectivity index (χ1) is 13.6. The minimum Gasteiger partial charge on any atom is -0.487 e. The Morgan fingerprint density at radius 2 is 1.83 bits per heavy atom. The number of benzene rings is 2. The van der Waals surface area contributed by atoms with Crippen LogP contribution in [-0.2, 0) is 12.8 Å². The van der Waals surface area contributed by atoms with Crippen LogP contribution in [0, 0.1) is 11.4 Å². The molecule has 29 heavy (non-hydrogen) atoms. The molecule has 2 rings (SSSR count). The maximum atomic E-state index is 13.1. The fourth-order valence-corrected chi connectivity index (χ4v) is 2.81. The number of hydrogen-bond acceptors (Lipinski definition) is 4. The smallest absolute Gasteiger partial charge is 0.416 e. The van der Waals surface area contributed by atoms with E-state index in [0.29, 0.717) is 23.7 Å². The van der Waals surface area contributed by atoms with Crippen molar-refractivity contribution in [1.82, 2.24) is 0 Å². The number of hydrogen-bond donors (Lipinski definition) is 2. The molecule has 0 bridgehead atoms. The Bertz CT molecular complexity index is 863. The van der Waals surface area contributed by atoms with Gasteiger partial charge in [0, 0.05) is 19.2 Å². The number of nitrogens with two attached hydrogens (primary N) is 1. The highest BCUT2D eigenvalue weighted by atomic mass is 19.4. The summed E-state index contributed by atoms with van der Waals surface area (Å²) in [6.07, 6.45) is -4.45.